The number of rotatable bonds is 3. The number of Topliss-reactive ketones (excluding diaryl/α,β-unsaturated/α-hetero) is 1. The van der Waals surface area contributed by atoms with Crippen LogP contribution in [0, 0.1) is 68.0 Å². The van der Waals surface area contributed by atoms with Crippen molar-refractivity contribution in [3.05, 3.63) is 23.3 Å². The Bertz CT molecular complexity index is 1260. The first-order valence-electron chi connectivity index (χ1n) is 15.0. The van der Waals surface area contributed by atoms with E-state index in [1.165, 1.54) is 0 Å². The number of amides is 1. The molecule has 9 atom stereocenters. The summed E-state index contributed by atoms with van der Waals surface area (Å²) in [5.74, 6) is -0.720. The number of carbonyl (C=O) groups is 3. The normalized spacial score (nSPS) is 45.7. The molecule has 0 aromatic rings. The van der Waals surface area contributed by atoms with Gasteiger partial charge in [-0.3, -0.25) is 14.4 Å². The smallest absolute Gasteiger partial charge is 0.255 e. The van der Waals surface area contributed by atoms with E-state index >= 15 is 0 Å². The van der Waals surface area contributed by atoms with E-state index in [0.717, 1.165) is 24.8 Å². The van der Waals surface area contributed by atoms with Crippen LogP contribution in [0.15, 0.2) is 23.3 Å². The summed E-state index contributed by atoms with van der Waals surface area (Å²) in [6.07, 6.45) is 5.29. The molecule has 0 radical (unpaired) electrons. The number of hydrogen-bond donors (Lipinski definition) is 1. The van der Waals surface area contributed by atoms with E-state index in [-0.39, 0.29) is 46.2 Å². The molecule has 0 bridgehead atoms. The zero-order valence-corrected chi connectivity index (χ0v) is 25.0. The predicted octanol–water partition coefficient (Wildman–Crippen LogP) is 6.44. The Morgan fingerprint density at radius 2 is 1.75 bits per heavy atom. The average Bonchev–Trinajstić information content (AvgIpc) is 2.88. The molecule has 7 heteroatoms. The van der Waals surface area contributed by atoms with Crippen LogP contribution in [0.25, 0.3) is 0 Å². The highest BCUT2D eigenvalue weighted by Gasteiger charge is 2.71. The first kappa shape index (κ1) is 29.1. The van der Waals surface area contributed by atoms with E-state index in [1.54, 1.807) is 0 Å². The Morgan fingerprint density at radius 3 is 2.38 bits per heavy atom. The van der Waals surface area contributed by atoms with Crippen LogP contribution in [-0.4, -0.2) is 30.4 Å². The van der Waals surface area contributed by atoms with Crippen LogP contribution in [0.5, 0.6) is 0 Å². The Kier molecular flexibility index (Phi) is 6.61. The van der Waals surface area contributed by atoms with Crippen molar-refractivity contribution in [3.63, 3.8) is 0 Å². The van der Waals surface area contributed by atoms with E-state index in [0.29, 0.717) is 25.2 Å². The second kappa shape index (κ2) is 9.07. The van der Waals surface area contributed by atoms with Gasteiger partial charge in [0.1, 0.15) is 6.07 Å². The molecule has 1 N–H and O–H groups in total. The van der Waals surface area contributed by atoms with Gasteiger partial charge in [0.15, 0.2) is 11.6 Å². The number of nitrogens with zero attached hydrogens (tertiary/aromatic N) is 1. The van der Waals surface area contributed by atoms with Crippen LogP contribution in [0.4, 0.5) is 8.78 Å². The summed E-state index contributed by atoms with van der Waals surface area (Å²) in [5, 5.41) is 12.4. The molecule has 3 fully saturated rings. The molecular formula is C33H44F2N2O3. The molecule has 5 rings (SSSR count). The topological polar surface area (TPSA) is 87.0 Å². The van der Waals surface area contributed by atoms with Crippen LogP contribution < -0.4 is 5.32 Å². The Morgan fingerprint density at radius 1 is 1.07 bits per heavy atom. The monoisotopic (exact) mass is 554 g/mol. The molecule has 218 valence electrons. The van der Waals surface area contributed by atoms with Crippen LogP contribution in [0.1, 0.15) is 87.0 Å². The number of hydrogen-bond acceptors (Lipinski definition) is 4. The second-order valence-corrected chi connectivity index (χ2v) is 14.9. The van der Waals surface area contributed by atoms with Gasteiger partial charge in [-0.15, -0.1) is 0 Å². The van der Waals surface area contributed by atoms with Crippen LogP contribution in [-0.2, 0) is 14.4 Å². The van der Waals surface area contributed by atoms with E-state index in [9.17, 15) is 28.4 Å². The van der Waals surface area contributed by atoms with Crippen LogP contribution in [0.3, 0.4) is 0 Å². The van der Waals surface area contributed by atoms with Gasteiger partial charge >= 0.3 is 0 Å². The average molecular weight is 555 g/mol. The van der Waals surface area contributed by atoms with Crippen molar-refractivity contribution < 1.29 is 23.2 Å². The summed E-state index contributed by atoms with van der Waals surface area (Å²) in [4.78, 5) is 41.4. The molecule has 0 aromatic heterocycles. The van der Waals surface area contributed by atoms with Crippen molar-refractivity contribution in [3.8, 4) is 6.07 Å². The lowest BCUT2D eigenvalue weighted by Gasteiger charge is -2.69. The molecule has 5 nitrogen and oxygen atoms in total. The molecule has 0 aliphatic heterocycles. The summed E-state index contributed by atoms with van der Waals surface area (Å²) >= 11 is 0. The molecule has 9 unspecified atom stereocenters. The molecule has 0 spiro atoms. The van der Waals surface area contributed by atoms with Crippen molar-refractivity contribution in [2.75, 3.05) is 6.54 Å². The molecule has 0 saturated heterocycles. The number of alkyl halides is 2. The van der Waals surface area contributed by atoms with E-state index in [1.807, 2.05) is 26.0 Å². The Labute approximate surface area is 237 Å². The van der Waals surface area contributed by atoms with Gasteiger partial charge in [0, 0.05) is 16.7 Å². The minimum absolute atomic E-state index is 0.00940. The standard InChI is InChI=1S/C33H44F2N2O3/c1-18-8-11-33(28(40)37-17-24(34)35)13-12-32(7)26(25(33)19(18)2)21(38)14-23-30(5)15-20(16-36)27(39)29(3,4)22(30)9-10-31(23,32)6/h14-15,18-19,22,24-26H,8-13,17H2,1-7H3,(H,37,40). The minimum Gasteiger partial charge on any atom is -0.350 e. The number of allylic oxidation sites excluding steroid dienone is 4. The third-order valence-corrected chi connectivity index (χ3v) is 13.1. The SMILES string of the molecule is CC1CCC2(C(=O)NCC(F)F)CCC3(C)C(C(=O)C=C4C5(C)C=C(C#N)C(=O)C(C)(C)C5CCC43C)C2C1C. The number of ketones is 2. The first-order valence-corrected chi connectivity index (χ1v) is 15.0. The molecule has 3 saturated carbocycles. The maximum absolute atomic E-state index is 14.5. The number of fused-ring (bicyclic) bond motifs is 7. The number of halogens is 2. The van der Waals surface area contributed by atoms with Crippen molar-refractivity contribution in [1.82, 2.24) is 5.32 Å². The van der Waals surface area contributed by atoms with Gasteiger partial charge in [0.25, 0.3) is 6.43 Å². The fourth-order valence-corrected chi connectivity index (χ4v) is 10.6. The van der Waals surface area contributed by atoms with Crippen LogP contribution in [0.2, 0.25) is 0 Å². The van der Waals surface area contributed by atoms with E-state index < -0.39 is 40.5 Å². The molecular weight excluding hydrogens is 510 g/mol. The van der Waals surface area contributed by atoms with Gasteiger partial charge in [-0.05, 0) is 79.1 Å². The molecule has 5 aliphatic rings. The zero-order chi connectivity index (χ0) is 29.6. The number of carbonyl (C=O) groups excluding carboxylic acids is 3. The summed E-state index contributed by atoms with van der Waals surface area (Å²) in [6, 6.07) is 2.14. The van der Waals surface area contributed by atoms with Crippen molar-refractivity contribution in [1.29, 1.82) is 5.26 Å². The second-order valence-electron chi connectivity index (χ2n) is 14.9. The first-order chi connectivity index (χ1) is 18.5. The minimum atomic E-state index is -2.62. The number of nitrogens with one attached hydrogen (secondary N) is 1. The fraction of sp³-hybridized carbons (Fsp3) is 0.758. The fourth-order valence-electron chi connectivity index (χ4n) is 10.6. The summed E-state index contributed by atoms with van der Waals surface area (Å²) < 4.78 is 26.3. The van der Waals surface area contributed by atoms with Crippen molar-refractivity contribution in [2.45, 2.75) is 93.4 Å². The highest BCUT2D eigenvalue weighted by atomic mass is 19.3. The highest BCUT2D eigenvalue weighted by Crippen LogP contribution is 2.74. The highest BCUT2D eigenvalue weighted by molar-refractivity contribution is 6.04. The summed E-state index contributed by atoms with van der Waals surface area (Å²) in [6.45, 7) is 14.1. The largest absolute Gasteiger partial charge is 0.350 e. The Hall–Kier alpha value is -2.36. The lowest BCUT2D eigenvalue weighted by atomic mass is 9.34. The van der Waals surface area contributed by atoms with Gasteiger partial charge < -0.3 is 5.32 Å². The van der Waals surface area contributed by atoms with E-state index in [4.69, 9.17) is 0 Å². The third-order valence-electron chi connectivity index (χ3n) is 13.1. The molecule has 0 aromatic carbocycles. The zero-order valence-electron chi connectivity index (χ0n) is 25.0. The molecule has 5 aliphatic carbocycles. The third kappa shape index (κ3) is 3.56. The lowest BCUT2D eigenvalue weighted by Crippen LogP contribution is -2.67. The predicted molar refractivity (Wildman–Crippen MR) is 148 cm³/mol. The van der Waals surface area contributed by atoms with Gasteiger partial charge in [-0.1, -0.05) is 60.1 Å². The lowest BCUT2D eigenvalue weighted by molar-refractivity contribution is -0.183. The maximum Gasteiger partial charge on any atom is 0.255 e. The maximum atomic E-state index is 14.5. The van der Waals surface area contributed by atoms with Crippen LogP contribution >= 0.6 is 0 Å². The van der Waals surface area contributed by atoms with Gasteiger partial charge in [0.2, 0.25) is 5.91 Å². The van der Waals surface area contributed by atoms with Gasteiger partial charge in [-0.25, -0.2) is 8.78 Å². The summed E-state index contributed by atoms with van der Waals surface area (Å²) in [7, 11) is 0. The number of nitriles is 1. The summed E-state index contributed by atoms with van der Waals surface area (Å²) in [5.41, 5.74) is -1.83. The molecule has 40 heavy (non-hydrogen) atoms. The Balaban J connectivity index is 1.67. The van der Waals surface area contributed by atoms with E-state index in [2.05, 4.69) is 46.0 Å². The molecule has 0 heterocycles. The van der Waals surface area contributed by atoms with Gasteiger partial charge in [-0.2, -0.15) is 5.26 Å². The van der Waals surface area contributed by atoms with Crippen molar-refractivity contribution >= 4 is 17.5 Å². The van der Waals surface area contributed by atoms with Gasteiger partial charge in [0.05, 0.1) is 17.5 Å². The van der Waals surface area contributed by atoms with Crippen molar-refractivity contribution in [2.24, 2.45) is 56.7 Å². The molecule has 1 amide bonds. The quantitative estimate of drug-likeness (QED) is 0.435.